The van der Waals surface area contributed by atoms with Crippen LogP contribution < -0.4 is 0 Å². The minimum atomic E-state index is 0.263. The molecule has 0 aromatic heterocycles. The van der Waals surface area contributed by atoms with Crippen molar-refractivity contribution in [2.45, 2.75) is 19.4 Å². The minimum Gasteiger partial charge on any atom is -0.340 e. The lowest BCUT2D eigenvalue weighted by molar-refractivity contribution is -0.134. The molecule has 1 heterocycles. The molecule has 2 aromatic rings. The van der Waals surface area contributed by atoms with E-state index in [0.717, 1.165) is 32.6 Å². The molecule has 1 saturated heterocycles. The van der Waals surface area contributed by atoms with Crippen molar-refractivity contribution in [1.29, 1.82) is 0 Å². The van der Waals surface area contributed by atoms with Crippen LogP contribution in [0, 0.1) is 11.8 Å². The van der Waals surface area contributed by atoms with Crippen LogP contribution in [0.5, 0.6) is 0 Å². The third-order valence-corrected chi connectivity index (χ3v) is 5.65. The molecule has 2 aliphatic rings. The first kappa shape index (κ1) is 16.3. The lowest BCUT2D eigenvalue weighted by Gasteiger charge is -2.40. The molecular formula is C22H26N2O. The second-order valence-electron chi connectivity index (χ2n) is 7.40. The molecule has 0 unspecified atom stereocenters. The van der Waals surface area contributed by atoms with E-state index < -0.39 is 0 Å². The number of carbonyl (C=O) groups is 1. The molecule has 0 spiro atoms. The minimum absolute atomic E-state index is 0.263. The number of carbonyl (C=O) groups excluding carboxylic acids is 1. The standard InChI is InChI=1S/C22H26N2O/c1-17-16-20(17)22(25)24-14-12-23(13-15-24)21(18-8-4-2-5-9-18)19-10-6-3-7-11-19/h2-11,17,20-21H,12-16H2,1H3/t17-,20+/m0/s1. The summed E-state index contributed by atoms with van der Waals surface area (Å²) in [7, 11) is 0. The summed E-state index contributed by atoms with van der Waals surface area (Å²) in [6.07, 6.45) is 1.08. The fraction of sp³-hybridized carbons (Fsp3) is 0.409. The summed E-state index contributed by atoms with van der Waals surface area (Å²) in [4.78, 5) is 17.1. The first-order valence-electron chi connectivity index (χ1n) is 9.37. The summed E-state index contributed by atoms with van der Waals surface area (Å²) < 4.78 is 0. The van der Waals surface area contributed by atoms with Gasteiger partial charge in [-0.1, -0.05) is 67.6 Å². The third-order valence-electron chi connectivity index (χ3n) is 5.65. The molecule has 1 aliphatic heterocycles. The monoisotopic (exact) mass is 334 g/mol. The highest BCUT2D eigenvalue weighted by molar-refractivity contribution is 5.81. The van der Waals surface area contributed by atoms with Crippen molar-refractivity contribution in [2.75, 3.05) is 26.2 Å². The predicted octanol–water partition coefficient (Wildman–Crippen LogP) is 3.58. The zero-order valence-electron chi connectivity index (χ0n) is 14.8. The van der Waals surface area contributed by atoms with Crippen molar-refractivity contribution in [3.05, 3.63) is 71.8 Å². The fourth-order valence-electron chi connectivity index (χ4n) is 3.99. The number of nitrogens with zero attached hydrogens (tertiary/aromatic N) is 2. The van der Waals surface area contributed by atoms with E-state index >= 15 is 0 Å². The smallest absolute Gasteiger partial charge is 0.226 e. The van der Waals surface area contributed by atoms with Gasteiger partial charge >= 0.3 is 0 Å². The Hall–Kier alpha value is -2.13. The van der Waals surface area contributed by atoms with Crippen molar-refractivity contribution < 1.29 is 4.79 Å². The van der Waals surface area contributed by atoms with Crippen LogP contribution in [-0.2, 0) is 4.79 Å². The number of amides is 1. The van der Waals surface area contributed by atoms with Crippen molar-refractivity contribution in [3.63, 3.8) is 0 Å². The average Bonchev–Trinajstić information content (AvgIpc) is 3.40. The largest absolute Gasteiger partial charge is 0.340 e. The lowest BCUT2D eigenvalue weighted by Crippen LogP contribution is -2.50. The molecule has 2 atom stereocenters. The van der Waals surface area contributed by atoms with Crippen LogP contribution in [0.3, 0.4) is 0 Å². The SMILES string of the molecule is C[C@H]1C[C@H]1C(=O)N1CCN(C(c2ccccc2)c2ccccc2)CC1. The molecule has 2 fully saturated rings. The summed E-state index contributed by atoms with van der Waals surface area (Å²) in [6, 6.07) is 21.7. The van der Waals surface area contributed by atoms with Crippen LogP contribution in [0.2, 0.25) is 0 Å². The second-order valence-corrected chi connectivity index (χ2v) is 7.40. The Morgan fingerprint density at radius 3 is 1.80 bits per heavy atom. The predicted molar refractivity (Wildman–Crippen MR) is 100 cm³/mol. The van der Waals surface area contributed by atoms with Crippen LogP contribution >= 0.6 is 0 Å². The fourth-order valence-corrected chi connectivity index (χ4v) is 3.99. The van der Waals surface area contributed by atoms with Gasteiger partial charge in [0, 0.05) is 32.1 Å². The molecule has 0 bridgehead atoms. The normalized spacial score (nSPS) is 23.7. The first-order valence-corrected chi connectivity index (χ1v) is 9.37. The van der Waals surface area contributed by atoms with Crippen LogP contribution in [0.15, 0.2) is 60.7 Å². The molecule has 3 nitrogen and oxygen atoms in total. The van der Waals surface area contributed by atoms with E-state index in [1.54, 1.807) is 0 Å². The van der Waals surface area contributed by atoms with Gasteiger partial charge in [-0.3, -0.25) is 9.69 Å². The molecular weight excluding hydrogens is 308 g/mol. The summed E-state index contributed by atoms with van der Waals surface area (Å²) in [5, 5.41) is 0. The molecule has 4 rings (SSSR count). The Kier molecular flexibility index (Phi) is 4.58. The molecule has 1 saturated carbocycles. The van der Waals surface area contributed by atoms with E-state index in [2.05, 4.69) is 77.4 Å². The van der Waals surface area contributed by atoms with Gasteiger partial charge < -0.3 is 4.90 Å². The summed E-state index contributed by atoms with van der Waals surface area (Å²) in [5.41, 5.74) is 2.65. The van der Waals surface area contributed by atoms with Gasteiger partial charge in [0.2, 0.25) is 5.91 Å². The van der Waals surface area contributed by atoms with Gasteiger partial charge in [0.05, 0.1) is 6.04 Å². The Labute approximate surface area is 150 Å². The first-order chi connectivity index (χ1) is 12.2. The maximum absolute atomic E-state index is 12.5. The van der Waals surface area contributed by atoms with Crippen LogP contribution in [0.25, 0.3) is 0 Å². The van der Waals surface area contributed by atoms with E-state index in [9.17, 15) is 4.79 Å². The van der Waals surface area contributed by atoms with Crippen molar-refractivity contribution >= 4 is 5.91 Å². The highest BCUT2D eigenvalue weighted by Crippen LogP contribution is 2.39. The van der Waals surface area contributed by atoms with Crippen molar-refractivity contribution in [1.82, 2.24) is 9.80 Å². The van der Waals surface area contributed by atoms with Gasteiger partial charge in [-0.25, -0.2) is 0 Å². The highest BCUT2D eigenvalue weighted by atomic mass is 16.2. The summed E-state index contributed by atoms with van der Waals surface area (Å²) in [6.45, 7) is 5.73. The molecule has 25 heavy (non-hydrogen) atoms. The molecule has 2 aromatic carbocycles. The summed E-state index contributed by atoms with van der Waals surface area (Å²) >= 11 is 0. The van der Waals surface area contributed by atoms with E-state index in [0.29, 0.717) is 17.7 Å². The summed E-state index contributed by atoms with van der Waals surface area (Å²) in [5.74, 6) is 1.26. The van der Waals surface area contributed by atoms with Crippen LogP contribution in [0.4, 0.5) is 0 Å². The zero-order valence-corrected chi connectivity index (χ0v) is 14.8. The lowest BCUT2D eigenvalue weighted by atomic mass is 9.96. The van der Waals surface area contributed by atoms with Gasteiger partial charge in [0.1, 0.15) is 0 Å². The molecule has 0 N–H and O–H groups in total. The van der Waals surface area contributed by atoms with E-state index in [-0.39, 0.29) is 6.04 Å². The number of hydrogen-bond acceptors (Lipinski definition) is 2. The molecule has 3 heteroatoms. The quantitative estimate of drug-likeness (QED) is 0.853. The van der Waals surface area contributed by atoms with Gasteiger partial charge in [-0.15, -0.1) is 0 Å². The number of rotatable bonds is 4. The average molecular weight is 334 g/mol. The maximum Gasteiger partial charge on any atom is 0.226 e. The number of piperazine rings is 1. The second kappa shape index (κ2) is 7.01. The third kappa shape index (κ3) is 3.47. The van der Waals surface area contributed by atoms with Gasteiger partial charge in [-0.2, -0.15) is 0 Å². The van der Waals surface area contributed by atoms with Crippen molar-refractivity contribution in [2.24, 2.45) is 11.8 Å². The number of benzene rings is 2. The van der Waals surface area contributed by atoms with Crippen LogP contribution in [0.1, 0.15) is 30.5 Å². The molecule has 1 aliphatic carbocycles. The van der Waals surface area contributed by atoms with Gasteiger partial charge in [0.25, 0.3) is 0 Å². The van der Waals surface area contributed by atoms with Crippen LogP contribution in [-0.4, -0.2) is 41.9 Å². The Morgan fingerprint density at radius 1 is 0.880 bits per heavy atom. The Balaban J connectivity index is 1.50. The van der Waals surface area contributed by atoms with E-state index in [1.807, 2.05) is 0 Å². The van der Waals surface area contributed by atoms with Gasteiger partial charge in [-0.05, 0) is 23.5 Å². The highest BCUT2D eigenvalue weighted by Gasteiger charge is 2.42. The van der Waals surface area contributed by atoms with Crippen molar-refractivity contribution in [3.8, 4) is 0 Å². The molecule has 0 radical (unpaired) electrons. The Bertz CT molecular complexity index is 668. The van der Waals surface area contributed by atoms with E-state index in [1.165, 1.54) is 11.1 Å². The van der Waals surface area contributed by atoms with E-state index in [4.69, 9.17) is 0 Å². The topological polar surface area (TPSA) is 23.6 Å². The molecule has 1 amide bonds. The Morgan fingerprint density at radius 2 is 1.36 bits per heavy atom. The number of hydrogen-bond donors (Lipinski definition) is 0. The maximum atomic E-state index is 12.5. The zero-order chi connectivity index (χ0) is 17.2. The van der Waals surface area contributed by atoms with Gasteiger partial charge in [0.15, 0.2) is 0 Å². The molecule has 130 valence electrons.